The number of halogens is 2. The Hall–Kier alpha value is -1.40. The molecule has 0 aliphatic rings. The van der Waals surface area contributed by atoms with Gasteiger partial charge in [-0.05, 0) is 17.7 Å². The molecule has 2 amide bonds. The molecule has 0 spiro atoms. The van der Waals surface area contributed by atoms with Crippen LogP contribution in [0.25, 0.3) is 0 Å². The molecule has 0 aliphatic carbocycles. The third-order valence-electron chi connectivity index (χ3n) is 3.34. The van der Waals surface area contributed by atoms with E-state index in [4.69, 9.17) is 23.2 Å². The highest BCUT2D eigenvalue weighted by atomic mass is 35.5. The molecule has 0 radical (unpaired) electrons. The SMILES string of the molecule is CS(=O)(=O)CCS(=O)(=O)Cc1csc(NC(=O)NCc2ccc(Cl)c(Cl)c2)n1. The van der Waals surface area contributed by atoms with E-state index >= 15 is 0 Å². The summed E-state index contributed by atoms with van der Waals surface area (Å²) in [6, 6.07) is 4.45. The maximum atomic E-state index is 12.0. The molecule has 2 N–H and O–H groups in total. The van der Waals surface area contributed by atoms with Gasteiger partial charge in [0, 0.05) is 18.2 Å². The summed E-state index contributed by atoms with van der Waals surface area (Å²) < 4.78 is 46.2. The third kappa shape index (κ3) is 7.92. The van der Waals surface area contributed by atoms with Gasteiger partial charge in [-0.2, -0.15) is 0 Å². The van der Waals surface area contributed by atoms with E-state index in [1.165, 1.54) is 5.38 Å². The summed E-state index contributed by atoms with van der Waals surface area (Å²) in [4.78, 5) is 16.0. The second-order valence-corrected chi connectivity index (χ2v) is 12.0. The van der Waals surface area contributed by atoms with Crippen LogP contribution in [0, 0.1) is 0 Å². The van der Waals surface area contributed by atoms with Crippen LogP contribution in [0.4, 0.5) is 9.93 Å². The van der Waals surface area contributed by atoms with Gasteiger partial charge in [-0.3, -0.25) is 5.32 Å². The summed E-state index contributed by atoms with van der Waals surface area (Å²) in [5.74, 6) is -1.32. The van der Waals surface area contributed by atoms with Gasteiger partial charge < -0.3 is 5.32 Å². The number of carbonyl (C=O) groups is 1. The van der Waals surface area contributed by atoms with Gasteiger partial charge in [0.15, 0.2) is 15.0 Å². The van der Waals surface area contributed by atoms with Gasteiger partial charge >= 0.3 is 6.03 Å². The van der Waals surface area contributed by atoms with Crippen molar-refractivity contribution in [2.45, 2.75) is 12.3 Å². The molecule has 8 nitrogen and oxygen atoms in total. The molecule has 1 heterocycles. The van der Waals surface area contributed by atoms with E-state index in [-0.39, 0.29) is 17.4 Å². The van der Waals surface area contributed by atoms with Crippen molar-refractivity contribution in [3.63, 3.8) is 0 Å². The fraction of sp³-hybridized carbons (Fsp3) is 0.333. The molecule has 1 aromatic carbocycles. The summed E-state index contributed by atoms with van der Waals surface area (Å²) in [6.45, 7) is 0.209. The van der Waals surface area contributed by atoms with Crippen molar-refractivity contribution in [3.05, 3.63) is 44.9 Å². The molecule has 13 heteroatoms. The molecule has 2 rings (SSSR count). The Morgan fingerprint density at radius 2 is 1.86 bits per heavy atom. The average Bonchev–Trinajstić information content (AvgIpc) is 3.00. The number of nitrogens with one attached hydrogen (secondary N) is 2. The molecule has 0 bridgehead atoms. The molecule has 0 saturated heterocycles. The number of urea groups is 1. The summed E-state index contributed by atoms with van der Waals surface area (Å²) in [5.41, 5.74) is 0.986. The Labute approximate surface area is 177 Å². The number of hydrogen-bond donors (Lipinski definition) is 2. The zero-order valence-corrected chi connectivity index (χ0v) is 18.6. The van der Waals surface area contributed by atoms with Crippen LogP contribution < -0.4 is 10.6 Å². The second kappa shape index (κ2) is 9.40. The Kier molecular flexibility index (Phi) is 7.68. The minimum Gasteiger partial charge on any atom is -0.334 e. The largest absolute Gasteiger partial charge is 0.334 e. The lowest BCUT2D eigenvalue weighted by atomic mass is 10.2. The van der Waals surface area contributed by atoms with E-state index < -0.39 is 43.0 Å². The number of thiazole rings is 1. The van der Waals surface area contributed by atoms with Gasteiger partial charge in [-0.25, -0.2) is 26.6 Å². The van der Waals surface area contributed by atoms with Crippen LogP contribution in [-0.4, -0.2) is 45.6 Å². The van der Waals surface area contributed by atoms with Crippen LogP contribution in [-0.2, 0) is 32.0 Å². The van der Waals surface area contributed by atoms with E-state index in [2.05, 4.69) is 15.6 Å². The van der Waals surface area contributed by atoms with Crippen LogP contribution in [0.2, 0.25) is 10.0 Å². The van der Waals surface area contributed by atoms with Gasteiger partial charge in [0.05, 0.1) is 33.0 Å². The Bertz CT molecular complexity index is 1070. The molecular weight excluding hydrogens is 469 g/mol. The van der Waals surface area contributed by atoms with E-state index in [0.717, 1.165) is 23.2 Å². The topological polar surface area (TPSA) is 122 Å². The summed E-state index contributed by atoms with van der Waals surface area (Å²) in [5, 5.41) is 7.63. The molecule has 0 fully saturated rings. The first-order valence-electron chi connectivity index (χ1n) is 7.75. The average molecular weight is 486 g/mol. The molecule has 0 atom stereocenters. The third-order valence-corrected chi connectivity index (χ3v) is 7.65. The van der Waals surface area contributed by atoms with Gasteiger partial charge in [0.1, 0.15) is 9.84 Å². The lowest BCUT2D eigenvalue weighted by Gasteiger charge is -2.06. The van der Waals surface area contributed by atoms with Crippen molar-refractivity contribution in [1.82, 2.24) is 10.3 Å². The molecule has 28 heavy (non-hydrogen) atoms. The number of sulfone groups is 2. The van der Waals surface area contributed by atoms with Crippen LogP contribution in [0.5, 0.6) is 0 Å². The summed E-state index contributed by atoms with van der Waals surface area (Å²) >= 11 is 12.8. The maximum absolute atomic E-state index is 12.0. The van der Waals surface area contributed by atoms with Gasteiger partial charge in [0.2, 0.25) is 0 Å². The Balaban J connectivity index is 1.87. The van der Waals surface area contributed by atoms with Crippen molar-refractivity contribution in [2.24, 2.45) is 0 Å². The first kappa shape index (κ1) is 22.9. The highest BCUT2D eigenvalue weighted by Crippen LogP contribution is 2.22. The van der Waals surface area contributed by atoms with Crippen LogP contribution >= 0.6 is 34.5 Å². The number of carbonyl (C=O) groups excluding carboxylic acids is 1. The Morgan fingerprint density at radius 1 is 1.14 bits per heavy atom. The van der Waals surface area contributed by atoms with Crippen molar-refractivity contribution in [2.75, 3.05) is 23.1 Å². The van der Waals surface area contributed by atoms with E-state index in [9.17, 15) is 21.6 Å². The molecule has 1 aromatic heterocycles. The number of nitrogens with zero attached hydrogens (tertiary/aromatic N) is 1. The number of hydrogen-bond acceptors (Lipinski definition) is 7. The fourth-order valence-electron chi connectivity index (χ4n) is 1.98. The fourth-order valence-corrected chi connectivity index (χ4v) is 6.08. The second-order valence-electron chi connectivity index (χ2n) is 5.92. The lowest BCUT2D eigenvalue weighted by molar-refractivity contribution is 0.251. The molecule has 154 valence electrons. The lowest BCUT2D eigenvalue weighted by Crippen LogP contribution is -2.28. The first-order chi connectivity index (χ1) is 12.9. The van der Waals surface area contributed by atoms with Crippen LogP contribution in [0.3, 0.4) is 0 Å². The molecule has 2 aromatic rings. The number of benzene rings is 1. The quantitative estimate of drug-likeness (QED) is 0.592. The molecule has 0 unspecified atom stereocenters. The van der Waals surface area contributed by atoms with Crippen molar-refractivity contribution in [1.29, 1.82) is 0 Å². The van der Waals surface area contributed by atoms with Crippen molar-refractivity contribution >= 4 is 65.4 Å². The molecule has 0 aliphatic heterocycles. The van der Waals surface area contributed by atoms with E-state index in [0.29, 0.717) is 10.0 Å². The highest BCUT2D eigenvalue weighted by Gasteiger charge is 2.18. The van der Waals surface area contributed by atoms with Gasteiger partial charge in [0.25, 0.3) is 0 Å². The minimum absolute atomic E-state index is 0.209. The minimum atomic E-state index is -3.62. The molecule has 0 saturated carbocycles. The van der Waals surface area contributed by atoms with Crippen LogP contribution in [0.15, 0.2) is 23.6 Å². The first-order valence-corrected chi connectivity index (χ1v) is 13.3. The maximum Gasteiger partial charge on any atom is 0.321 e. The number of aromatic nitrogens is 1. The van der Waals surface area contributed by atoms with Crippen molar-refractivity contribution < 1.29 is 21.6 Å². The van der Waals surface area contributed by atoms with Gasteiger partial charge in [-0.1, -0.05) is 29.3 Å². The number of anilines is 1. The molecular formula is C15H17Cl2N3O5S3. The summed E-state index contributed by atoms with van der Waals surface area (Å²) in [7, 11) is -7.00. The zero-order chi connectivity index (χ0) is 20.9. The normalized spacial score (nSPS) is 12.0. The Morgan fingerprint density at radius 3 is 2.50 bits per heavy atom. The highest BCUT2D eigenvalue weighted by molar-refractivity contribution is 7.94. The standard InChI is InChI=1S/C15H17Cl2N3O5S3/c1-27(22,23)4-5-28(24,25)9-11-8-26-15(19-11)20-14(21)18-7-10-2-3-12(16)13(17)6-10/h2-3,6,8H,4-5,7,9H2,1H3,(H2,18,19,20,21). The smallest absolute Gasteiger partial charge is 0.321 e. The van der Waals surface area contributed by atoms with Gasteiger partial charge in [-0.15, -0.1) is 11.3 Å². The van der Waals surface area contributed by atoms with Crippen LogP contribution in [0.1, 0.15) is 11.3 Å². The number of rotatable bonds is 8. The zero-order valence-electron chi connectivity index (χ0n) is 14.6. The predicted molar refractivity (Wildman–Crippen MR) is 112 cm³/mol. The summed E-state index contributed by atoms with van der Waals surface area (Å²) in [6.07, 6.45) is 0.976. The van der Waals surface area contributed by atoms with E-state index in [1.807, 2.05) is 0 Å². The van der Waals surface area contributed by atoms with E-state index in [1.54, 1.807) is 18.2 Å². The predicted octanol–water partition coefficient (Wildman–Crippen LogP) is 2.73. The monoisotopic (exact) mass is 485 g/mol. The van der Waals surface area contributed by atoms with Crippen molar-refractivity contribution in [3.8, 4) is 0 Å². The number of amides is 2.